The number of piperidine rings is 1. The summed E-state index contributed by atoms with van der Waals surface area (Å²) in [5.74, 6) is -0.270. The summed E-state index contributed by atoms with van der Waals surface area (Å²) in [4.78, 5) is 4.72. The van der Waals surface area contributed by atoms with Crippen molar-refractivity contribution in [1.29, 1.82) is 0 Å². The van der Waals surface area contributed by atoms with Gasteiger partial charge < -0.3 is 10.0 Å². The second-order valence-corrected chi connectivity index (χ2v) is 8.56. The first-order valence-electron chi connectivity index (χ1n) is 9.90. The zero-order valence-corrected chi connectivity index (χ0v) is 16.2. The molecule has 0 aromatic heterocycles. The molecule has 2 aromatic carbocycles. The molecule has 4 rings (SSSR count). The van der Waals surface area contributed by atoms with E-state index in [0.717, 1.165) is 31.5 Å². The number of fused-ring (bicyclic) bond motifs is 2. The molecule has 2 heterocycles. The Hall–Kier alpha value is -1.75. The highest BCUT2D eigenvalue weighted by Crippen LogP contribution is 2.46. The zero-order chi connectivity index (χ0) is 19.0. The standard InChI is InChI=1S/C23H29FN2O/c1-25(2)15-17-6-8-18(9-7-17)16-26-21-10-11-22(26)14-23(27,13-21)19-4-3-5-20(24)12-19/h3-9,12,21-22,27H,10-11,13-16H2,1-2H3/t21-,22-/m0/s1. The van der Waals surface area contributed by atoms with Gasteiger partial charge in [-0.05, 0) is 68.6 Å². The molecule has 3 nitrogen and oxygen atoms in total. The molecule has 0 radical (unpaired) electrons. The number of halogens is 1. The number of hydrogen-bond donors (Lipinski definition) is 1. The van der Waals surface area contributed by atoms with Gasteiger partial charge in [-0.3, -0.25) is 4.90 Å². The fourth-order valence-corrected chi connectivity index (χ4v) is 4.91. The van der Waals surface area contributed by atoms with Gasteiger partial charge in [0.1, 0.15) is 5.82 Å². The van der Waals surface area contributed by atoms with E-state index in [-0.39, 0.29) is 5.82 Å². The number of nitrogens with zero attached hydrogens (tertiary/aromatic N) is 2. The lowest BCUT2D eigenvalue weighted by atomic mass is 9.80. The van der Waals surface area contributed by atoms with Crippen molar-refractivity contribution in [3.05, 3.63) is 71.0 Å². The average molecular weight is 368 g/mol. The van der Waals surface area contributed by atoms with Crippen molar-refractivity contribution in [2.75, 3.05) is 14.1 Å². The Morgan fingerprint density at radius 3 is 2.26 bits per heavy atom. The van der Waals surface area contributed by atoms with Crippen LogP contribution in [0.4, 0.5) is 4.39 Å². The number of rotatable bonds is 5. The van der Waals surface area contributed by atoms with Crippen LogP contribution in [-0.4, -0.2) is 41.1 Å². The van der Waals surface area contributed by atoms with Crippen molar-refractivity contribution in [3.8, 4) is 0 Å². The number of hydrogen-bond acceptors (Lipinski definition) is 3. The summed E-state index contributed by atoms with van der Waals surface area (Å²) < 4.78 is 13.7. The van der Waals surface area contributed by atoms with Gasteiger partial charge in [0.25, 0.3) is 0 Å². The Balaban J connectivity index is 1.46. The van der Waals surface area contributed by atoms with Crippen molar-refractivity contribution < 1.29 is 9.50 Å². The molecule has 1 N–H and O–H groups in total. The van der Waals surface area contributed by atoms with Gasteiger partial charge in [0.15, 0.2) is 0 Å². The van der Waals surface area contributed by atoms with Crippen LogP contribution in [0.5, 0.6) is 0 Å². The average Bonchev–Trinajstić information content (AvgIpc) is 2.86. The first kappa shape index (κ1) is 18.6. The molecule has 0 unspecified atom stereocenters. The molecule has 0 aliphatic carbocycles. The van der Waals surface area contributed by atoms with Gasteiger partial charge in [-0.1, -0.05) is 36.4 Å². The van der Waals surface area contributed by atoms with E-state index in [4.69, 9.17) is 0 Å². The first-order valence-corrected chi connectivity index (χ1v) is 9.90. The molecule has 0 amide bonds. The highest BCUT2D eigenvalue weighted by atomic mass is 19.1. The molecule has 2 atom stereocenters. The van der Waals surface area contributed by atoms with Crippen LogP contribution in [0.25, 0.3) is 0 Å². The Labute approximate surface area is 161 Å². The molecular formula is C23H29FN2O. The Bertz CT molecular complexity index is 775. The van der Waals surface area contributed by atoms with Gasteiger partial charge in [-0.15, -0.1) is 0 Å². The van der Waals surface area contributed by atoms with Crippen molar-refractivity contribution in [1.82, 2.24) is 9.80 Å². The second-order valence-electron chi connectivity index (χ2n) is 8.56. The molecule has 2 aromatic rings. The van der Waals surface area contributed by atoms with Gasteiger partial charge in [0.2, 0.25) is 0 Å². The third kappa shape index (κ3) is 3.93. The Kier molecular flexibility index (Phi) is 5.06. The molecule has 144 valence electrons. The summed E-state index contributed by atoms with van der Waals surface area (Å²) in [5.41, 5.74) is 2.48. The summed E-state index contributed by atoms with van der Waals surface area (Å²) in [6.07, 6.45) is 3.60. The minimum atomic E-state index is -0.903. The molecule has 0 spiro atoms. The van der Waals surface area contributed by atoms with E-state index in [1.165, 1.54) is 23.3 Å². The summed E-state index contributed by atoms with van der Waals surface area (Å²) in [6.45, 7) is 1.88. The lowest BCUT2D eigenvalue weighted by molar-refractivity contribution is -0.0596. The quantitative estimate of drug-likeness (QED) is 0.867. The molecule has 27 heavy (non-hydrogen) atoms. The van der Waals surface area contributed by atoms with Crippen LogP contribution in [0.2, 0.25) is 0 Å². The van der Waals surface area contributed by atoms with Gasteiger partial charge in [-0.25, -0.2) is 4.39 Å². The van der Waals surface area contributed by atoms with Crippen molar-refractivity contribution in [2.24, 2.45) is 0 Å². The maximum absolute atomic E-state index is 13.7. The molecule has 2 fully saturated rings. The van der Waals surface area contributed by atoms with Crippen LogP contribution in [0, 0.1) is 5.82 Å². The van der Waals surface area contributed by atoms with E-state index < -0.39 is 5.60 Å². The van der Waals surface area contributed by atoms with Crippen molar-refractivity contribution >= 4 is 0 Å². The van der Waals surface area contributed by atoms with Crippen LogP contribution in [0.15, 0.2) is 48.5 Å². The van der Waals surface area contributed by atoms with Crippen LogP contribution >= 0.6 is 0 Å². The fraction of sp³-hybridized carbons (Fsp3) is 0.478. The maximum Gasteiger partial charge on any atom is 0.123 e. The topological polar surface area (TPSA) is 26.7 Å². The van der Waals surface area contributed by atoms with E-state index in [1.807, 2.05) is 6.07 Å². The highest BCUT2D eigenvalue weighted by Gasteiger charge is 2.48. The van der Waals surface area contributed by atoms with Gasteiger partial charge >= 0.3 is 0 Å². The monoisotopic (exact) mass is 368 g/mol. The smallest absolute Gasteiger partial charge is 0.123 e. The van der Waals surface area contributed by atoms with E-state index in [2.05, 4.69) is 48.2 Å². The largest absolute Gasteiger partial charge is 0.385 e. The summed E-state index contributed by atoms with van der Waals surface area (Å²) in [6, 6.07) is 16.1. The van der Waals surface area contributed by atoms with Crippen molar-refractivity contribution in [3.63, 3.8) is 0 Å². The molecular weight excluding hydrogens is 339 g/mol. The van der Waals surface area contributed by atoms with Crippen molar-refractivity contribution in [2.45, 2.75) is 56.5 Å². The van der Waals surface area contributed by atoms with E-state index in [1.54, 1.807) is 6.07 Å². The molecule has 2 saturated heterocycles. The summed E-state index contributed by atoms with van der Waals surface area (Å²) in [5, 5.41) is 11.3. The lowest BCUT2D eigenvalue weighted by Gasteiger charge is -2.44. The van der Waals surface area contributed by atoms with E-state index in [9.17, 15) is 9.50 Å². The SMILES string of the molecule is CN(C)Cc1ccc(CN2[C@H]3CC[C@H]2CC(O)(c2cccc(F)c2)C3)cc1. The van der Waals surface area contributed by atoms with Crippen LogP contribution in [0.3, 0.4) is 0 Å². The van der Waals surface area contributed by atoms with Crippen LogP contribution in [0.1, 0.15) is 42.4 Å². The number of aliphatic hydroxyl groups is 1. The van der Waals surface area contributed by atoms with E-state index >= 15 is 0 Å². The predicted molar refractivity (Wildman–Crippen MR) is 106 cm³/mol. The summed E-state index contributed by atoms with van der Waals surface area (Å²) in [7, 11) is 4.16. The lowest BCUT2D eigenvalue weighted by Crippen LogP contribution is -2.49. The van der Waals surface area contributed by atoms with Gasteiger partial charge in [0, 0.05) is 25.2 Å². The van der Waals surface area contributed by atoms with Crippen LogP contribution < -0.4 is 0 Å². The fourth-order valence-electron chi connectivity index (χ4n) is 4.91. The number of benzene rings is 2. The van der Waals surface area contributed by atoms with Gasteiger partial charge in [-0.2, -0.15) is 0 Å². The maximum atomic E-state index is 13.7. The molecule has 0 saturated carbocycles. The predicted octanol–water partition coefficient (Wildman–Crippen LogP) is 3.90. The normalized spacial score (nSPS) is 28.0. The van der Waals surface area contributed by atoms with Crippen LogP contribution in [-0.2, 0) is 18.7 Å². The summed E-state index contributed by atoms with van der Waals surface area (Å²) >= 11 is 0. The molecule has 2 aliphatic heterocycles. The minimum absolute atomic E-state index is 0.270. The molecule has 2 bridgehead atoms. The third-order valence-electron chi connectivity index (χ3n) is 6.17. The first-order chi connectivity index (χ1) is 12.9. The zero-order valence-electron chi connectivity index (χ0n) is 16.2. The molecule has 4 heteroatoms. The Morgan fingerprint density at radius 2 is 1.67 bits per heavy atom. The highest BCUT2D eigenvalue weighted by molar-refractivity contribution is 5.27. The van der Waals surface area contributed by atoms with Gasteiger partial charge in [0.05, 0.1) is 5.60 Å². The van der Waals surface area contributed by atoms with E-state index in [0.29, 0.717) is 24.9 Å². The molecule has 2 aliphatic rings. The Morgan fingerprint density at radius 1 is 1.04 bits per heavy atom. The third-order valence-corrected chi connectivity index (χ3v) is 6.17. The second kappa shape index (κ2) is 7.34. The minimum Gasteiger partial charge on any atom is -0.385 e.